The van der Waals surface area contributed by atoms with Crippen LogP contribution in [0.2, 0.25) is 0 Å². The Labute approximate surface area is 113 Å². The summed E-state index contributed by atoms with van der Waals surface area (Å²) in [7, 11) is 3.22. The summed E-state index contributed by atoms with van der Waals surface area (Å²) >= 11 is 0. The van der Waals surface area contributed by atoms with Gasteiger partial charge in [0.25, 0.3) is 0 Å². The van der Waals surface area contributed by atoms with Crippen LogP contribution in [0.1, 0.15) is 19.8 Å². The maximum atomic E-state index is 8.62. The molecule has 0 aliphatic heterocycles. The zero-order chi connectivity index (χ0) is 14.3. The summed E-state index contributed by atoms with van der Waals surface area (Å²) in [6.45, 7) is 2.02. The van der Waals surface area contributed by atoms with Gasteiger partial charge in [0.05, 0.1) is 19.9 Å². The molecule has 19 heavy (non-hydrogen) atoms. The van der Waals surface area contributed by atoms with Gasteiger partial charge in [-0.25, -0.2) is 0 Å². The minimum Gasteiger partial charge on any atom is -0.497 e. The molecule has 4 N–H and O–H groups in total. The molecule has 0 aliphatic carbocycles. The molecular formula is C13H21N3O3. The molecule has 6 nitrogen and oxygen atoms in total. The number of oxime groups is 1. The van der Waals surface area contributed by atoms with E-state index >= 15 is 0 Å². The van der Waals surface area contributed by atoms with Gasteiger partial charge in [-0.1, -0.05) is 12.1 Å². The molecule has 1 aromatic carbocycles. The second-order valence-electron chi connectivity index (χ2n) is 4.11. The normalized spacial score (nSPS) is 12.9. The van der Waals surface area contributed by atoms with E-state index in [1.807, 2.05) is 25.1 Å². The number of benzene rings is 1. The van der Waals surface area contributed by atoms with Gasteiger partial charge in [-0.3, -0.25) is 0 Å². The summed E-state index contributed by atoms with van der Waals surface area (Å²) in [5.41, 5.74) is 6.35. The minimum atomic E-state index is 0.0527. The van der Waals surface area contributed by atoms with Crippen LogP contribution in [0, 0.1) is 0 Å². The van der Waals surface area contributed by atoms with Gasteiger partial charge in [-0.15, -0.1) is 0 Å². The second kappa shape index (κ2) is 7.35. The van der Waals surface area contributed by atoms with E-state index in [0.29, 0.717) is 6.42 Å². The molecule has 106 valence electrons. The van der Waals surface area contributed by atoms with Crippen molar-refractivity contribution in [2.45, 2.75) is 25.8 Å². The number of nitrogens with two attached hydrogens (primary N) is 1. The van der Waals surface area contributed by atoms with Crippen LogP contribution in [0.3, 0.4) is 0 Å². The molecule has 1 atom stereocenters. The van der Waals surface area contributed by atoms with Crippen molar-refractivity contribution < 1.29 is 14.7 Å². The first kappa shape index (κ1) is 14.9. The highest BCUT2D eigenvalue weighted by Gasteiger charge is 2.12. The van der Waals surface area contributed by atoms with Gasteiger partial charge < -0.3 is 25.7 Å². The van der Waals surface area contributed by atoms with E-state index in [4.69, 9.17) is 20.4 Å². The molecule has 0 saturated carbocycles. The van der Waals surface area contributed by atoms with Crippen molar-refractivity contribution in [2.75, 3.05) is 19.5 Å². The molecule has 0 bridgehead atoms. The first-order valence-electron chi connectivity index (χ1n) is 6.09. The van der Waals surface area contributed by atoms with Crippen LogP contribution in [0.25, 0.3) is 0 Å². The van der Waals surface area contributed by atoms with E-state index in [0.717, 1.165) is 23.6 Å². The zero-order valence-electron chi connectivity index (χ0n) is 11.5. The number of hydrogen-bond donors (Lipinski definition) is 3. The topological polar surface area (TPSA) is 89.1 Å². The molecule has 0 fully saturated rings. The van der Waals surface area contributed by atoms with Gasteiger partial charge >= 0.3 is 0 Å². The van der Waals surface area contributed by atoms with Crippen LogP contribution in [0.5, 0.6) is 11.5 Å². The molecule has 0 radical (unpaired) electrons. The lowest BCUT2D eigenvalue weighted by molar-refractivity contribution is 0.316. The Morgan fingerprint density at radius 3 is 2.68 bits per heavy atom. The van der Waals surface area contributed by atoms with Gasteiger partial charge in [-0.2, -0.15) is 0 Å². The molecule has 0 heterocycles. The third-order valence-corrected chi connectivity index (χ3v) is 2.84. The lowest BCUT2D eigenvalue weighted by Gasteiger charge is -2.20. The third kappa shape index (κ3) is 4.24. The summed E-state index contributed by atoms with van der Waals surface area (Å²) < 4.78 is 10.5. The number of nitrogens with one attached hydrogen (secondary N) is 1. The van der Waals surface area contributed by atoms with Gasteiger partial charge in [-0.05, 0) is 18.6 Å². The number of rotatable bonds is 7. The average Bonchev–Trinajstić information content (AvgIpc) is 2.45. The number of methoxy groups -OCH3 is 2. The number of nitrogens with zero attached hydrogens (tertiary/aromatic N) is 1. The average molecular weight is 267 g/mol. The maximum absolute atomic E-state index is 8.62. The summed E-state index contributed by atoms with van der Waals surface area (Å²) in [6, 6.07) is 5.57. The molecule has 1 aromatic rings. The van der Waals surface area contributed by atoms with Crippen LogP contribution in [0.4, 0.5) is 5.69 Å². The molecule has 0 amide bonds. The SMILES string of the molecule is CCC(CC(N)=NO)Nc1cc(OC)ccc1OC. The van der Waals surface area contributed by atoms with E-state index < -0.39 is 0 Å². The van der Waals surface area contributed by atoms with Crippen molar-refractivity contribution in [3.05, 3.63) is 18.2 Å². The van der Waals surface area contributed by atoms with Crippen LogP contribution in [-0.4, -0.2) is 31.3 Å². The number of anilines is 1. The Balaban J connectivity index is 2.88. The Hall–Kier alpha value is -2.11. The molecule has 0 spiro atoms. The van der Waals surface area contributed by atoms with Crippen LogP contribution >= 0.6 is 0 Å². The number of hydrogen-bond acceptors (Lipinski definition) is 5. The first-order valence-corrected chi connectivity index (χ1v) is 6.09. The quantitative estimate of drug-likeness (QED) is 0.304. The fraction of sp³-hybridized carbons (Fsp3) is 0.462. The Morgan fingerprint density at radius 2 is 2.16 bits per heavy atom. The second-order valence-corrected chi connectivity index (χ2v) is 4.11. The van der Waals surface area contributed by atoms with E-state index in [9.17, 15) is 0 Å². The van der Waals surface area contributed by atoms with Crippen molar-refractivity contribution in [3.8, 4) is 11.5 Å². The monoisotopic (exact) mass is 267 g/mol. The molecule has 1 rings (SSSR count). The van der Waals surface area contributed by atoms with E-state index in [2.05, 4.69) is 10.5 Å². The molecular weight excluding hydrogens is 246 g/mol. The predicted molar refractivity (Wildman–Crippen MR) is 75.3 cm³/mol. The van der Waals surface area contributed by atoms with Crippen molar-refractivity contribution in [1.82, 2.24) is 0 Å². The van der Waals surface area contributed by atoms with Crippen LogP contribution < -0.4 is 20.5 Å². The lowest BCUT2D eigenvalue weighted by atomic mass is 10.1. The van der Waals surface area contributed by atoms with Gasteiger partial charge in [0.1, 0.15) is 17.3 Å². The molecule has 0 saturated heterocycles. The fourth-order valence-corrected chi connectivity index (χ4v) is 1.74. The molecule has 6 heteroatoms. The predicted octanol–water partition coefficient (Wildman–Crippen LogP) is 2.03. The number of ether oxygens (including phenoxy) is 2. The van der Waals surface area contributed by atoms with E-state index in [-0.39, 0.29) is 11.9 Å². The summed E-state index contributed by atoms with van der Waals surface area (Å²) in [4.78, 5) is 0. The zero-order valence-corrected chi connectivity index (χ0v) is 11.5. The van der Waals surface area contributed by atoms with Gasteiger partial charge in [0.2, 0.25) is 0 Å². The molecule has 0 aromatic heterocycles. The summed E-state index contributed by atoms with van der Waals surface area (Å²) in [5, 5.41) is 14.9. The Morgan fingerprint density at radius 1 is 1.42 bits per heavy atom. The lowest BCUT2D eigenvalue weighted by Crippen LogP contribution is -2.26. The first-order chi connectivity index (χ1) is 9.14. The van der Waals surface area contributed by atoms with Crippen LogP contribution in [0.15, 0.2) is 23.4 Å². The van der Waals surface area contributed by atoms with Gasteiger partial charge in [0, 0.05) is 18.5 Å². The van der Waals surface area contributed by atoms with Crippen molar-refractivity contribution in [3.63, 3.8) is 0 Å². The Bertz CT molecular complexity index is 435. The third-order valence-electron chi connectivity index (χ3n) is 2.84. The minimum absolute atomic E-state index is 0.0527. The smallest absolute Gasteiger partial charge is 0.142 e. The standard InChI is InChI=1S/C13H21N3O3/c1-4-9(7-13(14)16-17)15-11-8-10(18-2)5-6-12(11)19-3/h5-6,8-9,15,17H,4,7H2,1-3H3,(H2,14,16). The highest BCUT2D eigenvalue weighted by Crippen LogP contribution is 2.30. The number of amidine groups is 1. The molecule has 1 unspecified atom stereocenters. The van der Waals surface area contributed by atoms with Gasteiger partial charge in [0.15, 0.2) is 0 Å². The van der Waals surface area contributed by atoms with E-state index in [1.54, 1.807) is 14.2 Å². The van der Waals surface area contributed by atoms with Crippen molar-refractivity contribution in [1.29, 1.82) is 0 Å². The van der Waals surface area contributed by atoms with Crippen LogP contribution in [-0.2, 0) is 0 Å². The Kier molecular flexibility index (Phi) is 5.78. The summed E-state index contributed by atoms with van der Waals surface area (Å²) in [5.74, 6) is 1.65. The molecule has 0 aliphatic rings. The van der Waals surface area contributed by atoms with Crippen molar-refractivity contribution in [2.24, 2.45) is 10.9 Å². The highest BCUT2D eigenvalue weighted by molar-refractivity contribution is 5.80. The fourth-order valence-electron chi connectivity index (χ4n) is 1.74. The maximum Gasteiger partial charge on any atom is 0.142 e. The summed E-state index contributed by atoms with van der Waals surface area (Å²) in [6.07, 6.45) is 1.28. The largest absolute Gasteiger partial charge is 0.497 e. The van der Waals surface area contributed by atoms with E-state index in [1.165, 1.54) is 0 Å². The highest BCUT2D eigenvalue weighted by atomic mass is 16.5. The van der Waals surface area contributed by atoms with Crippen molar-refractivity contribution >= 4 is 11.5 Å².